The SMILES string of the molecule is COC(=O)C[C@@H](C)CC[C@@]1(C)[C@H](C)CC[C@@]2(C)C(C)=C[C@H](OC)C[C@H]12. The van der Waals surface area contributed by atoms with Gasteiger partial charge in [-0.05, 0) is 67.6 Å². The first-order chi connectivity index (χ1) is 11.7. The molecule has 0 aliphatic heterocycles. The van der Waals surface area contributed by atoms with E-state index in [0.29, 0.717) is 35.0 Å². The third-order valence-electron chi connectivity index (χ3n) is 7.81. The number of esters is 1. The highest BCUT2D eigenvalue weighted by molar-refractivity contribution is 5.69. The molecule has 3 nitrogen and oxygen atoms in total. The Labute approximate surface area is 154 Å². The van der Waals surface area contributed by atoms with Crippen molar-refractivity contribution in [2.24, 2.45) is 28.6 Å². The maximum Gasteiger partial charge on any atom is 0.305 e. The van der Waals surface area contributed by atoms with Crippen molar-refractivity contribution in [3.8, 4) is 0 Å². The second-order valence-electron chi connectivity index (χ2n) is 9.20. The van der Waals surface area contributed by atoms with Crippen molar-refractivity contribution in [2.45, 2.75) is 79.2 Å². The van der Waals surface area contributed by atoms with E-state index >= 15 is 0 Å². The zero-order chi connectivity index (χ0) is 18.8. The Morgan fingerprint density at radius 2 is 2.04 bits per heavy atom. The van der Waals surface area contributed by atoms with Crippen molar-refractivity contribution in [2.75, 3.05) is 14.2 Å². The van der Waals surface area contributed by atoms with Crippen LogP contribution in [0, 0.1) is 28.6 Å². The quantitative estimate of drug-likeness (QED) is 0.476. The number of hydrogen-bond acceptors (Lipinski definition) is 3. The van der Waals surface area contributed by atoms with Crippen LogP contribution in [0.4, 0.5) is 0 Å². The lowest BCUT2D eigenvalue weighted by atomic mass is 9.46. The molecule has 0 N–H and O–H groups in total. The monoisotopic (exact) mass is 350 g/mol. The van der Waals surface area contributed by atoms with Crippen LogP contribution in [-0.4, -0.2) is 26.3 Å². The first-order valence-corrected chi connectivity index (χ1v) is 9.96. The van der Waals surface area contributed by atoms with Crippen molar-refractivity contribution < 1.29 is 14.3 Å². The summed E-state index contributed by atoms with van der Waals surface area (Å²) >= 11 is 0. The van der Waals surface area contributed by atoms with Crippen molar-refractivity contribution in [1.82, 2.24) is 0 Å². The lowest BCUT2D eigenvalue weighted by Gasteiger charge is -2.59. The molecule has 6 atom stereocenters. The molecule has 1 saturated carbocycles. The molecule has 0 unspecified atom stereocenters. The lowest BCUT2D eigenvalue weighted by molar-refractivity contribution is -0.141. The first-order valence-electron chi connectivity index (χ1n) is 9.96. The molecule has 0 aromatic carbocycles. The molecule has 0 aromatic rings. The normalized spacial score (nSPS) is 39.3. The Hall–Kier alpha value is -0.830. The lowest BCUT2D eigenvalue weighted by Crippen LogP contribution is -2.51. The topological polar surface area (TPSA) is 35.5 Å². The van der Waals surface area contributed by atoms with Crippen molar-refractivity contribution >= 4 is 5.97 Å². The van der Waals surface area contributed by atoms with Crippen LogP contribution in [0.3, 0.4) is 0 Å². The van der Waals surface area contributed by atoms with Gasteiger partial charge in [0.05, 0.1) is 13.2 Å². The summed E-state index contributed by atoms with van der Waals surface area (Å²) in [6.07, 6.45) is 9.09. The molecule has 0 heterocycles. The van der Waals surface area contributed by atoms with Gasteiger partial charge in [-0.25, -0.2) is 0 Å². The number of rotatable bonds is 6. The van der Waals surface area contributed by atoms with Gasteiger partial charge in [-0.15, -0.1) is 0 Å². The Morgan fingerprint density at radius 1 is 1.36 bits per heavy atom. The van der Waals surface area contributed by atoms with Crippen LogP contribution in [0.15, 0.2) is 11.6 Å². The number of methoxy groups -OCH3 is 2. The van der Waals surface area contributed by atoms with Crippen LogP contribution in [0.2, 0.25) is 0 Å². The van der Waals surface area contributed by atoms with Crippen LogP contribution in [-0.2, 0) is 14.3 Å². The van der Waals surface area contributed by atoms with Crippen LogP contribution in [0.1, 0.15) is 73.1 Å². The minimum atomic E-state index is -0.0879. The zero-order valence-corrected chi connectivity index (χ0v) is 17.4. The molecule has 0 spiro atoms. The van der Waals surface area contributed by atoms with Crippen LogP contribution >= 0.6 is 0 Å². The first kappa shape index (κ1) is 20.5. The Bertz CT molecular complexity index is 511. The number of hydrogen-bond donors (Lipinski definition) is 0. The Morgan fingerprint density at radius 3 is 2.64 bits per heavy atom. The molecule has 1 fully saturated rings. The Kier molecular flexibility index (Phi) is 6.40. The van der Waals surface area contributed by atoms with Gasteiger partial charge in [0.25, 0.3) is 0 Å². The van der Waals surface area contributed by atoms with Gasteiger partial charge >= 0.3 is 5.97 Å². The highest BCUT2D eigenvalue weighted by atomic mass is 16.5. The van der Waals surface area contributed by atoms with Crippen molar-refractivity contribution in [1.29, 1.82) is 0 Å². The summed E-state index contributed by atoms with van der Waals surface area (Å²) in [6.45, 7) is 11.9. The number of carbonyl (C=O) groups is 1. The van der Waals surface area contributed by atoms with Crippen LogP contribution in [0.5, 0.6) is 0 Å². The summed E-state index contributed by atoms with van der Waals surface area (Å²) in [7, 11) is 3.31. The van der Waals surface area contributed by atoms with Crippen molar-refractivity contribution in [3.63, 3.8) is 0 Å². The molecule has 0 aromatic heterocycles. The third kappa shape index (κ3) is 3.97. The summed E-state index contributed by atoms with van der Waals surface area (Å²) in [5.74, 6) is 1.64. The van der Waals surface area contributed by atoms with Gasteiger partial charge in [-0.2, -0.15) is 0 Å². The summed E-state index contributed by atoms with van der Waals surface area (Å²) < 4.78 is 10.6. The van der Waals surface area contributed by atoms with E-state index in [1.165, 1.54) is 31.9 Å². The molecule has 0 radical (unpaired) electrons. The van der Waals surface area contributed by atoms with Crippen LogP contribution < -0.4 is 0 Å². The molecule has 2 rings (SSSR count). The van der Waals surface area contributed by atoms with Gasteiger partial charge in [-0.1, -0.05) is 39.3 Å². The molecule has 0 saturated heterocycles. The van der Waals surface area contributed by atoms with Crippen LogP contribution in [0.25, 0.3) is 0 Å². The van der Waals surface area contributed by atoms with Gasteiger partial charge in [0, 0.05) is 13.5 Å². The van der Waals surface area contributed by atoms with E-state index in [9.17, 15) is 4.79 Å². The fraction of sp³-hybridized carbons (Fsp3) is 0.864. The van der Waals surface area contributed by atoms with Gasteiger partial charge in [0.1, 0.15) is 0 Å². The van der Waals surface area contributed by atoms with E-state index in [1.54, 1.807) is 0 Å². The highest BCUT2D eigenvalue weighted by Crippen LogP contribution is 2.62. The van der Waals surface area contributed by atoms with E-state index in [1.807, 2.05) is 7.11 Å². The summed E-state index contributed by atoms with van der Waals surface area (Å²) in [5, 5.41) is 0. The van der Waals surface area contributed by atoms with Gasteiger partial charge in [0.15, 0.2) is 0 Å². The second kappa shape index (κ2) is 7.82. The van der Waals surface area contributed by atoms with Gasteiger partial charge in [-0.3, -0.25) is 4.79 Å². The van der Waals surface area contributed by atoms with E-state index in [-0.39, 0.29) is 12.1 Å². The smallest absolute Gasteiger partial charge is 0.305 e. The summed E-state index contributed by atoms with van der Waals surface area (Å²) in [6, 6.07) is 0. The minimum Gasteiger partial charge on any atom is -0.469 e. The Balaban J connectivity index is 2.18. The van der Waals surface area contributed by atoms with Gasteiger partial charge in [0.2, 0.25) is 0 Å². The molecule has 2 aliphatic rings. The molecular weight excluding hydrogens is 312 g/mol. The molecule has 2 aliphatic carbocycles. The highest BCUT2D eigenvalue weighted by Gasteiger charge is 2.54. The molecular formula is C22H38O3. The number of allylic oxidation sites excluding steroid dienone is 1. The van der Waals surface area contributed by atoms with Gasteiger partial charge < -0.3 is 9.47 Å². The molecule has 0 bridgehead atoms. The maximum absolute atomic E-state index is 11.6. The molecule has 3 heteroatoms. The average Bonchev–Trinajstić information content (AvgIpc) is 2.58. The molecule has 0 amide bonds. The summed E-state index contributed by atoms with van der Waals surface area (Å²) in [4.78, 5) is 11.6. The average molecular weight is 351 g/mol. The third-order valence-corrected chi connectivity index (χ3v) is 7.81. The maximum atomic E-state index is 11.6. The minimum absolute atomic E-state index is 0.0879. The van der Waals surface area contributed by atoms with E-state index in [4.69, 9.17) is 9.47 Å². The predicted molar refractivity (Wildman–Crippen MR) is 102 cm³/mol. The standard InChI is InChI=1S/C22H38O3/c1-15(12-20(23)25-7)8-10-21(4)16(2)9-11-22(5)17(3)13-18(24-6)14-19(21)22/h13,15-16,18-19H,8-12,14H2,1-7H3/t15-,16+,18-,19+,21-,22-/m0/s1. The fourth-order valence-corrected chi connectivity index (χ4v) is 5.47. The fourth-order valence-electron chi connectivity index (χ4n) is 5.47. The number of carbonyl (C=O) groups excluding carboxylic acids is 1. The van der Waals surface area contributed by atoms with E-state index in [2.05, 4.69) is 40.7 Å². The van der Waals surface area contributed by atoms with E-state index in [0.717, 1.165) is 12.8 Å². The second-order valence-corrected chi connectivity index (χ2v) is 9.20. The van der Waals surface area contributed by atoms with Crippen molar-refractivity contribution in [3.05, 3.63) is 11.6 Å². The predicted octanol–water partition coefficient (Wildman–Crippen LogP) is 5.39. The molecule has 144 valence electrons. The number of fused-ring (bicyclic) bond motifs is 1. The largest absolute Gasteiger partial charge is 0.469 e. The van der Waals surface area contributed by atoms with E-state index < -0.39 is 0 Å². The zero-order valence-electron chi connectivity index (χ0n) is 17.4. The summed E-state index contributed by atoms with van der Waals surface area (Å²) in [5.41, 5.74) is 2.10. The molecule has 25 heavy (non-hydrogen) atoms. The number of ether oxygens (including phenoxy) is 2.